The molecule has 0 atom stereocenters. The van der Waals surface area contributed by atoms with Crippen LogP contribution in [0.3, 0.4) is 0 Å². The maximum absolute atomic E-state index is 13.4. The van der Waals surface area contributed by atoms with E-state index in [-0.39, 0.29) is 5.82 Å². The number of unbranched alkanes of at least 4 members (excludes halogenated alkanes) is 2. The van der Waals surface area contributed by atoms with Crippen molar-refractivity contribution in [1.82, 2.24) is 0 Å². The molecule has 122 valence electrons. The van der Waals surface area contributed by atoms with Crippen molar-refractivity contribution in [1.29, 1.82) is 0 Å². The van der Waals surface area contributed by atoms with Crippen LogP contribution in [0.15, 0.2) is 40.9 Å². The second-order valence-electron chi connectivity index (χ2n) is 5.55. The normalized spacial score (nSPS) is 10.6. The third-order valence-corrected chi connectivity index (χ3v) is 4.32. The summed E-state index contributed by atoms with van der Waals surface area (Å²) in [6.45, 7) is 2.40. The molecule has 0 aromatic heterocycles. The molecular formula is C19H20BrFO2. The predicted molar refractivity (Wildman–Crippen MR) is 93.7 cm³/mol. The van der Waals surface area contributed by atoms with Crippen LogP contribution in [-0.4, -0.2) is 12.9 Å². The van der Waals surface area contributed by atoms with Gasteiger partial charge in [-0.15, -0.1) is 0 Å². The number of rotatable bonds is 8. The van der Waals surface area contributed by atoms with Crippen molar-refractivity contribution in [3.63, 3.8) is 0 Å². The van der Waals surface area contributed by atoms with Gasteiger partial charge in [0.2, 0.25) is 0 Å². The number of carbonyl (C=O) groups is 1. The van der Waals surface area contributed by atoms with Crippen LogP contribution >= 0.6 is 15.9 Å². The second kappa shape index (κ2) is 8.82. The summed E-state index contributed by atoms with van der Waals surface area (Å²) < 4.78 is 19.9. The van der Waals surface area contributed by atoms with Crippen molar-refractivity contribution in [2.75, 3.05) is 6.61 Å². The van der Waals surface area contributed by atoms with Crippen LogP contribution in [0.5, 0.6) is 5.75 Å². The summed E-state index contributed by atoms with van der Waals surface area (Å²) in [5, 5.41) is 0. The molecule has 0 amide bonds. The Balaban J connectivity index is 1.67. The van der Waals surface area contributed by atoms with Gasteiger partial charge in [-0.3, -0.25) is 4.79 Å². The van der Waals surface area contributed by atoms with Gasteiger partial charge in [0.05, 0.1) is 11.1 Å². The van der Waals surface area contributed by atoms with E-state index in [0.717, 1.165) is 47.8 Å². The van der Waals surface area contributed by atoms with Crippen molar-refractivity contribution >= 4 is 22.2 Å². The summed E-state index contributed by atoms with van der Waals surface area (Å²) in [7, 11) is 0. The first kappa shape index (κ1) is 17.7. The van der Waals surface area contributed by atoms with Gasteiger partial charge >= 0.3 is 0 Å². The van der Waals surface area contributed by atoms with Crippen molar-refractivity contribution < 1.29 is 13.9 Å². The summed E-state index contributed by atoms with van der Waals surface area (Å²) in [5.74, 6) is 0.616. The monoisotopic (exact) mass is 378 g/mol. The quantitative estimate of drug-likeness (QED) is 0.447. The molecule has 2 nitrogen and oxygen atoms in total. The van der Waals surface area contributed by atoms with Gasteiger partial charge in [-0.1, -0.05) is 12.1 Å². The number of hydrogen-bond acceptors (Lipinski definition) is 2. The van der Waals surface area contributed by atoms with E-state index >= 15 is 0 Å². The Morgan fingerprint density at radius 3 is 2.65 bits per heavy atom. The zero-order chi connectivity index (χ0) is 16.7. The molecule has 0 N–H and O–H groups in total. The van der Waals surface area contributed by atoms with Gasteiger partial charge in [0.25, 0.3) is 0 Å². The highest BCUT2D eigenvalue weighted by Crippen LogP contribution is 2.25. The number of ether oxygens (including phenoxy) is 1. The van der Waals surface area contributed by atoms with E-state index in [0.29, 0.717) is 17.7 Å². The lowest BCUT2D eigenvalue weighted by Crippen LogP contribution is -1.99. The average molecular weight is 379 g/mol. The van der Waals surface area contributed by atoms with Crippen LogP contribution in [0.25, 0.3) is 0 Å². The topological polar surface area (TPSA) is 26.3 Å². The first-order chi connectivity index (χ1) is 11.1. The fraction of sp³-hybridized carbons (Fsp3) is 0.316. The molecule has 23 heavy (non-hydrogen) atoms. The summed E-state index contributed by atoms with van der Waals surface area (Å²) in [5.41, 5.74) is 2.35. The average Bonchev–Trinajstić information content (AvgIpc) is 2.55. The van der Waals surface area contributed by atoms with E-state index in [9.17, 15) is 9.18 Å². The third kappa shape index (κ3) is 5.47. The zero-order valence-electron chi connectivity index (χ0n) is 13.1. The number of benzene rings is 2. The van der Waals surface area contributed by atoms with E-state index in [1.54, 1.807) is 31.2 Å². The first-order valence-corrected chi connectivity index (χ1v) is 8.52. The molecule has 2 aromatic rings. The highest BCUT2D eigenvalue weighted by molar-refractivity contribution is 9.10. The molecule has 2 aromatic carbocycles. The summed E-state index contributed by atoms with van der Waals surface area (Å²) in [6.07, 6.45) is 4.67. The van der Waals surface area contributed by atoms with Crippen molar-refractivity contribution in [2.45, 2.75) is 32.6 Å². The van der Waals surface area contributed by atoms with Crippen LogP contribution in [-0.2, 0) is 6.42 Å². The maximum atomic E-state index is 13.4. The van der Waals surface area contributed by atoms with Gasteiger partial charge in [-0.2, -0.15) is 0 Å². The van der Waals surface area contributed by atoms with E-state index in [1.807, 2.05) is 12.1 Å². The fourth-order valence-corrected chi connectivity index (χ4v) is 2.80. The number of halogens is 2. The molecule has 0 saturated heterocycles. The van der Waals surface area contributed by atoms with Gasteiger partial charge in [0.15, 0.2) is 0 Å². The van der Waals surface area contributed by atoms with E-state index in [2.05, 4.69) is 15.9 Å². The van der Waals surface area contributed by atoms with Gasteiger partial charge < -0.3 is 4.74 Å². The minimum Gasteiger partial charge on any atom is -0.492 e. The molecule has 0 spiro atoms. The lowest BCUT2D eigenvalue weighted by atomic mass is 10.1. The Kier molecular flexibility index (Phi) is 6.78. The number of aryl methyl sites for hydroxylation is 2. The fourth-order valence-electron chi connectivity index (χ4n) is 2.29. The van der Waals surface area contributed by atoms with E-state index in [4.69, 9.17) is 4.74 Å². The Morgan fingerprint density at radius 2 is 1.96 bits per heavy atom. The smallest absolute Gasteiger partial charge is 0.150 e. The summed E-state index contributed by atoms with van der Waals surface area (Å²) in [4.78, 5) is 10.7. The second-order valence-corrected chi connectivity index (χ2v) is 6.40. The highest BCUT2D eigenvalue weighted by atomic mass is 79.9. The van der Waals surface area contributed by atoms with Crippen molar-refractivity contribution in [3.05, 3.63) is 63.4 Å². The molecular weight excluding hydrogens is 359 g/mol. The number of hydrogen-bond donors (Lipinski definition) is 0. The van der Waals surface area contributed by atoms with Crippen molar-refractivity contribution in [2.24, 2.45) is 0 Å². The Bertz CT molecular complexity index is 670. The van der Waals surface area contributed by atoms with Crippen LogP contribution in [0.2, 0.25) is 0 Å². The minimum atomic E-state index is -0.130. The maximum Gasteiger partial charge on any atom is 0.150 e. The van der Waals surface area contributed by atoms with Crippen LogP contribution in [0.4, 0.5) is 4.39 Å². The van der Waals surface area contributed by atoms with E-state index in [1.165, 1.54) is 0 Å². The van der Waals surface area contributed by atoms with Gasteiger partial charge in [-0.05, 0) is 83.9 Å². The van der Waals surface area contributed by atoms with Crippen LogP contribution in [0, 0.1) is 12.7 Å². The van der Waals surface area contributed by atoms with Crippen LogP contribution < -0.4 is 4.74 Å². The minimum absolute atomic E-state index is 0.130. The molecule has 0 radical (unpaired) electrons. The molecule has 0 aliphatic heterocycles. The molecule has 4 heteroatoms. The molecule has 0 heterocycles. The highest BCUT2D eigenvalue weighted by Gasteiger charge is 2.03. The number of carbonyl (C=O) groups excluding carboxylic acids is 1. The SMILES string of the molecule is Cc1ccc(CCCCCOc2ccc(C=O)cc2Br)cc1F. The zero-order valence-corrected chi connectivity index (χ0v) is 14.7. The van der Waals surface area contributed by atoms with Gasteiger partial charge in [0.1, 0.15) is 17.9 Å². The standard InChI is InChI=1S/C19H20BrFO2/c1-14-6-7-15(12-18(14)21)5-3-2-4-10-23-19-9-8-16(13-22)11-17(19)20/h6-9,11-13H,2-5,10H2,1H3. The molecule has 0 aliphatic carbocycles. The molecule has 0 fully saturated rings. The molecule has 0 aliphatic rings. The van der Waals surface area contributed by atoms with E-state index < -0.39 is 0 Å². The Hall–Kier alpha value is -1.68. The Morgan fingerprint density at radius 1 is 1.13 bits per heavy atom. The molecule has 2 rings (SSSR count). The van der Waals surface area contributed by atoms with Gasteiger partial charge in [-0.25, -0.2) is 4.39 Å². The molecule has 0 unspecified atom stereocenters. The lowest BCUT2D eigenvalue weighted by molar-refractivity contribution is 0.112. The third-order valence-electron chi connectivity index (χ3n) is 3.70. The Labute approximate surface area is 144 Å². The van der Waals surface area contributed by atoms with Crippen molar-refractivity contribution in [3.8, 4) is 5.75 Å². The molecule has 0 saturated carbocycles. The lowest BCUT2D eigenvalue weighted by Gasteiger charge is -2.08. The number of aldehydes is 1. The predicted octanol–water partition coefficient (Wildman–Crippen LogP) is 5.50. The first-order valence-electron chi connectivity index (χ1n) is 7.72. The summed E-state index contributed by atoms with van der Waals surface area (Å²) in [6, 6.07) is 10.7. The molecule has 0 bridgehead atoms. The summed E-state index contributed by atoms with van der Waals surface area (Å²) >= 11 is 3.39. The largest absolute Gasteiger partial charge is 0.492 e. The van der Waals surface area contributed by atoms with Crippen LogP contribution in [0.1, 0.15) is 40.7 Å². The van der Waals surface area contributed by atoms with Gasteiger partial charge in [0, 0.05) is 5.56 Å².